The van der Waals surface area contributed by atoms with Gasteiger partial charge in [0, 0.05) is 0 Å². The Morgan fingerprint density at radius 3 is 2.44 bits per heavy atom. The topological polar surface area (TPSA) is 0 Å². The number of allylic oxidation sites excluding steroid dienone is 2. The highest BCUT2D eigenvalue weighted by molar-refractivity contribution is 5.32. The first-order valence-electron chi connectivity index (χ1n) is 7.12. The van der Waals surface area contributed by atoms with Crippen molar-refractivity contribution in [3.63, 3.8) is 0 Å². The molecule has 0 fully saturated rings. The summed E-state index contributed by atoms with van der Waals surface area (Å²) in [6.45, 7) is 12.2. The molecule has 2 aliphatic rings. The Morgan fingerprint density at radius 1 is 1.12 bits per heavy atom. The fourth-order valence-electron chi connectivity index (χ4n) is 3.75. The highest BCUT2D eigenvalue weighted by atomic mass is 14.5. The van der Waals surface area contributed by atoms with E-state index in [1.54, 1.807) is 0 Å². The second-order valence-corrected chi connectivity index (χ2v) is 7.10. The lowest BCUT2D eigenvalue weighted by molar-refractivity contribution is 0.203. The van der Waals surface area contributed by atoms with Crippen molar-refractivity contribution in [2.75, 3.05) is 0 Å². The fraction of sp³-hybridized carbons (Fsp3) is 0.875. The fourth-order valence-corrected chi connectivity index (χ4v) is 3.75. The molecule has 0 aromatic heterocycles. The van der Waals surface area contributed by atoms with Gasteiger partial charge in [-0.2, -0.15) is 0 Å². The van der Waals surface area contributed by atoms with Crippen LogP contribution in [0, 0.1) is 16.7 Å². The van der Waals surface area contributed by atoms with E-state index in [0.717, 1.165) is 5.92 Å². The van der Waals surface area contributed by atoms with Gasteiger partial charge in [-0.3, -0.25) is 0 Å². The largest absolute Gasteiger partial charge is 0.0646 e. The number of hydrogen-bond donors (Lipinski definition) is 0. The minimum Gasteiger partial charge on any atom is -0.0646 e. The summed E-state index contributed by atoms with van der Waals surface area (Å²) < 4.78 is 0. The molecule has 2 rings (SSSR count). The molecule has 0 radical (unpaired) electrons. The van der Waals surface area contributed by atoms with Gasteiger partial charge in [0.25, 0.3) is 0 Å². The minimum atomic E-state index is 0.485. The second kappa shape index (κ2) is 3.89. The molecule has 92 valence electrons. The summed E-state index contributed by atoms with van der Waals surface area (Å²) in [4.78, 5) is 0. The van der Waals surface area contributed by atoms with Gasteiger partial charge in [-0.1, -0.05) is 45.8 Å². The van der Waals surface area contributed by atoms with E-state index in [-0.39, 0.29) is 0 Å². The summed E-state index contributed by atoms with van der Waals surface area (Å²) in [5, 5.41) is 0. The molecule has 2 aliphatic carbocycles. The van der Waals surface area contributed by atoms with Crippen LogP contribution in [0.15, 0.2) is 11.1 Å². The molecular formula is C16H28. The van der Waals surface area contributed by atoms with E-state index in [1.165, 1.54) is 38.5 Å². The van der Waals surface area contributed by atoms with Gasteiger partial charge in [0.05, 0.1) is 0 Å². The van der Waals surface area contributed by atoms with Crippen molar-refractivity contribution in [2.45, 2.75) is 73.1 Å². The molecule has 0 saturated carbocycles. The van der Waals surface area contributed by atoms with Crippen LogP contribution < -0.4 is 0 Å². The standard InChI is InChI=1S/C16H28/c1-6-16(5)10-9-15(3,4)14-11-12(2)7-8-13(14)16/h12H,6-11H2,1-5H3. The van der Waals surface area contributed by atoms with Gasteiger partial charge in [-0.05, 0) is 55.3 Å². The minimum absolute atomic E-state index is 0.485. The maximum atomic E-state index is 2.51. The lowest BCUT2D eigenvalue weighted by Gasteiger charge is -2.48. The average Bonchev–Trinajstić information content (AvgIpc) is 2.25. The van der Waals surface area contributed by atoms with E-state index in [9.17, 15) is 0 Å². The van der Waals surface area contributed by atoms with Crippen molar-refractivity contribution < 1.29 is 0 Å². The third-order valence-corrected chi connectivity index (χ3v) is 5.43. The molecule has 0 heteroatoms. The lowest BCUT2D eigenvalue weighted by Crippen LogP contribution is -2.35. The molecule has 0 saturated heterocycles. The monoisotopic (exact) mass is 220 g/mol. The van der Waals surface area contributed by atoms with Crippen molar-refractivity contribution in [2.24, 2.45) is 16.7 Å². The predicted molar refractivity (Wildman–Crippen MR) is 71.5 cm³/mol. The van der Waals surface area contributed by atoms with Crippen LogP contribution in [0.5, 0.6) is 0 Å². The molecular weight excluding hydrogens is 192 g/mol. The molecule has 0 N–H and O–H groups in total. The van der Waals surface area contributed by atoms with E-state index < -0.39 is 0 Å². The van der Waals surface area contributed by atoms with Gasteiger partial charge < -0.3 is 0 Å². The van der Waals surface area contributed by atoms with Crippen molar-refractivity contribution in [1.29, 1.82) is 0 Å². The zero-order chi connectivity index (χ0) is 12.0. The van der Waals surface area contributed by atoms with Gasteiger partial charge in [0.15, 0.2) is 0 Å². The highest BCUT2D eigenvalue weighted by Gasteiger charge is 2.42. The quantitative estimate of drug-likeness (QED) is 0.523. The summed E-state index contributed by atoms with van der Waals surface area (Å²) in [6.07, 6.45) is 8.30. The first-order valence-corrected chi connectivity index (χ1v) is 7.12. The van der Waals surface area contributed by atoms with E-state index >= 15 is 0 Å². The molecule has 0 aromatic rings. The van der Waals surface area contributed by atoms with Crippen LogP contribution in [0.25, 0.3) is 0 Å². The van der Waals surface area contributed by atoms with Crippen LogP contribution in [0.1, 0.15) is 73.1 Å². The van der Waals surface area contributed by atoms with Crippen LogP contribution in [0.3, 0.4) is 0 Å². The maximum absolute atomic E-state index is 2.51. The Hall–Kier alpha value is -0.260. The van der Waals surface area contributed by atoms with Crippen molar-refractivity contribution in [3.05, 3.63) is 11.1 Å². The van der Waals surface area contributed by atoms with E-state index in [0.29, 0.717) is 10.8 Å². The van der Waals surface area contributed by atoms with Crippen LogP contribution in [-0.4, -0.2) is 0 Å². The van der Waals surface area contributed by atoms with Crippen LogP contribution in [0.4, 0.5) is 0 Å². The van der Waals surface area contributed by atoms with Crippen LogP contribution in [0.2, 0.25) is 0 Å². The van der Waals surface area contributed by atoms with E-state index in [4.69, 9.17) is 0 Å². The molecule has 2 atom stereocenters. The summed E-state index contributed by atoms with van der Waals surface area (Å²) >= 11 is 0. The first kappa shape index (κ1) is 12.2. The highest BCUT2D eigenvalue weighted by Crippen LogP contribution is 2.55. The summed E-state index contributed by atoms with van der Waals surface area (Å²) in [6, 6.07) is 0. The van der Waals surface area contributed by atoms with Crippen molar-refractivity contribution in [1.82, 2.24) is 0 Å². The van der Waals surface area contributed by atoms with Gasteiger partial charge in [-0.15, -0.1) is 0 Å². The van der Waals surface area contributed by atoms with Crippen molar-refractivity contribution >= 4 is 0 Å². The Kier molecular flexibility index (Phi) is 2.97. The summed E-state index contributed by atoms with van der Waals surface area (Å²) in [5.74, 6) is 0.914. The molecule has 0 aromatic carbocycles. The molecule has 0 bridgehead atoms. The second-order valence-electron chi connectivity index (χ2n) is 7.10. The predicted octanol–water partition coefficient (Wildman–Crippen LogP) is 5.34. The number of hydrogen-bond acceptors (Lipinski definition) is 0. The third kappa shape index (κ3) is 1.85. The van der Waals surface area contributed by atoms with E-state index in [1.807, 2.05) is 11.1 Å². The normalized spacial score (nSPS) is 38.4. The first-order chi connectivity index (χ1) is 7.39. The molecule has 16 heavy (non-hydrogen) atoms. The lowest BCUT2D eigenvalue weighted by atomic mass is 9.57. The Labute approximate surface area is 102 Å². The summed E-state index contributed by atoms with van der Waals surface area (Å²) in [5.41, 5.74) is 4.70. The maximum Gasteiger partial charge on any atom is -0.0116 e. The van der Waals surface area contributed by atoms with Gasteiger partial charge >= 0.3 is 0 Å². The van der Waals surface area contributed by atoms with Gasteiger partial charge in [-0.25, -0.2) is 0 Å². The molecule has 2 unspecified atom stereocenters. The van der Waals surface area contributed by atoms with Crippen LogP contribution in [-0.2, 0) is 0 Å². The third-order valence-electron chi connectivity index (χ3n) is 5.43. The van der Waals surface area contributed by atoms with Gasteiger partial charge in [0.2, 0.25) is 0 Å². The van der Waals surface area contributed by atoms with Crippen molar-refractivity contribution in [3.8, 4) is 0 Å². The average molecular weight is 220 g/mol. The number of rotatable bonds is 1. The Balaban J connectivity index is 2.44. The Morgan fingerprint density at radius 2 is 1.81 bits per heavy atom. The SMILES string of the molecule is CCC1(C)CCC(C)(C)C2=C1CCC(C)C2. The smallest absolute Gasteiger partial charge is 0.0116 e. The molecule has 0 spiro atoms. The van der Waals surface area contributed by atoms with E-state index in [2.05, 4.69) is 34.6 Å². The summed E-state index contributed by atoms with van der Waals surface area (Å²) in [7, 11) is 0. The molecule has 0 amide bonds. The zero-order valence-corrected chi connectivity index (χ0v) is 11.8. The molecule has 0 heterocycles. The van der Waals surface area contributed by atoms with Crippen LogP contribution >= 0.6 is 0 Å². The molecule has 0 aliphatic heterocycles. The Bertz CT molecular complexity index is 308. The molecule has 0 nitrogen and oxygen atoms in total. The van der Waals surface area contributed by atoms with Gasteiger partial charge in [0.1, 0.15) is 0 Å². The zero-order valence-electron chi connectivity index (χ0n) is 11.8.